The predicted molar refractivity (Wildman–Crippen MR) is 78.6 cm³/mol. The summed E-state index contributed by atoms with van der Waals surface area (Å²) in [7, 11) is 0. The van der Waals surface area contributed by atoms with Crippen LogP contribution in [-0.4, -0.2) is 66.0 Å². The Labute approximate surface area is 128 Å². The number of carbonyl (C=O) groups excluding carboxylic acids is 2. The van der Waals surface area contributed by atoms with Crippen molar-refractivity contribution in [3.63, 3.8) is 0 Å². The number of carbonyl (C=O) groups is 2. The van der Waals surface area contributed by atoms with Gasteiger partial charge in [-0.1, -0.05) is 0 Å². The van der Waals surface area contributed by atoms with Crippen LogP contribution in [0.1, 0.15) is 12.8 Å². The first kappa shape index (κ1) is 14.7. The fourth-order valence-corrected chi connectivity index (χ4v) is 2.62. The third-order valence-corrected chi connectivity index (χ3v) is 3.77. The van der Waals surface area contributed by atoms with E-state index in [-0.39, 0.29) is 25.0 Å². The first-order chi connectivity index (χ1) is 10.8. The number of imide groups is 1. The molecule has 22 heavy (non-hydrogen) atoms. The largest absolute Gasteiger partial charge is 0.473 e. The smallest absolute Gasteiger partial charge is 0.257 e. The maximum absolute atomic E-state index is 11.5. The standard InChI is InChI=1S/C14H19N5O3/c20-11-1-2-12(21)19(11)9-10-22-14-13(16-3-4-17-14)18-7-5-15-6-8-18/h3-4,15H,1-2,5-10H2. The Kier molecular flexibility index (Phi) is 4.47. The third kappa shape index (κ3) is 3.16. The van der Waals surface area contributed by atoms with E-state index in [0.717, 1.165) is 26.2 Å². The summed E-state index contributed by atoms with van der Waals surface area (Å²) >= 11 is 0. The molecule has 1 N–H and O–H groups in total. The summed E-state index contributed by atoms with van der Waals surface area (Å²) < 4.78 is 5.67. The second-order valence-electron chi connectivity index (χ2n) is 5.21. The summed E-state index contributed by atoms with van der Waals surface area (Å²) in [6.45, 7) is 3.97. The molecule has 0 saturated carbocycles. The second kappa shape index (κ2) is 6.69. The van der Waals surface area contributed by atoms with Crippen LogP contribution >= 0.6 is 0 Å². The number of likely N-dealkylation sites (tertiary alicyclic amines) is 1. The lowest BCUT2D eigenvalue weighted by Crippen LogP contribution is -2.44. The molecule has 2 aliphatic heterocycles. The number of ether oxygens (including phenoxy) is 1. The summed E-state index contributed by atoms with van der Waals surface area (Å²) in [5, 5.41) is 3.28. The highest BCUT2D eigenvalue weighted by molar-refractivity contribution is 6.01. The van der Waals surface area contributed by atoms with Gasteiger partial charge >= 0.3 is 0 Å². The number of amides is 2. The van der Waals surface area contributed by atoms with Crippen LogP contribution in [0.15, 0.2) is 12.4 Å². The molecule has 0 atom stereocenters. The number of hydrogen-bond donors (Lipinski definition) is 1. The maximum Gasteiger partial charge on any atom is 0.257 e. The van der Waals surface area contributed by atoms with E-state index in [2.05, 4.69) is 20.2 Å². The van der Waals surface area contributed by atoms with E-state index in [9.17, 15) is 9.59 Å². The van der Waals surface area contributed by atoms with Crippen molar-refractivity contribution in [3.05, 3.63) is 12.4 Å². The van der Waals surface area contributed by atoms with Crippen molar-refractivity contribution in [1.29, 1.82) is 0 Å². The fourth-order valence-electron chi connectivity index (χ4n) is 2.62. The van der Waals surface area contributed by atoms with Gasteiger partial charge in [0.05, 0.1) is 6.54 Å². The number of hydrogen-bond acceptors (Lipinski definition) is 7. The zero-order valence-electron chi connectivity index (χ0n) is 12.3. The highest BCUT2D eigenvalue weighted by Crippen LogP contribution is 2.22. The molecule has 118 valence electrons. The average Bonchev–Trinajstić information content (AvgIpc) is 2.88. The van der Waals surface area contributed by atoms with Crippen LogP contribution in [0.3, 0.4) is 0 Å². The SMILES string of the molecule is O=C1CCC(=O)N1CCOc1nccnc1N1CCNCC1. The summed E-state index contributed by atoms with van der Waals surface area (Å²) in [4.78, 5) is 35.0. The van der Waals surface area contributed by atoms with E-state index in [1.807, 2.05) is 0 Å². The van der Waals surface area contributed by atoms with E-state index in [1.165, 1.54) is 4.90 Å². The lowest BCUT2D eigenvalue weighted by molar-refractivity contribution is -0.138. The van der Waals surface area contributed by atoms with Gasteiger partial charge in [0.1, 0.15) is 6.61 Å². The van der Waals surface area contributed by atoms with Crippen LogP contribution in [0.4, 0.5) is 5.82 Å². The normalized spacial score (nSPS) is 18.9. The van der Waals surface area contributed by atoms with Crippen molar-refractivity contribution in [3.8, 4) is 5.88 Å². The van der Waals surface area contributed by atoms with E-state index in [1.54, 1.807) is 12.4 Å². The molecule has 0 aliphatic carbocycles. The van der Waals surface area contributed by atoms with Gasteiger partial charge in [0.15, 0.2) is 5.82 Å². The number of nitrogens with one attached hydrogen (secondary N) is 1. The Hall–Kier alpha value is -2.22. The molecule has 0 unspecified atom stereocenters. The Morgan fingerprint density at radius 1 is 1.09 bits per heavy atom. The van der Waals surface area contributed by atoms with Crippen molar-refractivity contribution < 1.29 is 14.3 Å². The fraction of sp³-hybridized carbons (Fsp3) is 0.571. The molecular formula is C14H19N5O3. The van der Waals surface area contributed by atoms with Gasteiger partial charge in [-0.25, -0.2) is 9.97 Å². The minimum Gasteiger partial charge on any atom is -0.473 e. The lowest BCUT2D eigenvalue weighted by Gasteiger charge is -2.29. The van der Waals surface area contributed by atoms with Crippen molar-refractivity contribution in [2.45, 2.75) is 12.8 Å². The van der Waals surface area contributed by atoms with E-state index in [4.69, 9.17) is 4.74 Å². The van der Waals surface area contributed by atoms with Crippen LogP contribution in [0, 0.1) is 0 Å². The zero-order valence-corrected chi connectivity index (χ0v) is 12.3. The highest BCUT2D eigenvalue weighted by Gasteiger charge is 2.28. The summed E-state index contributed by atoms with van der Waals surface area (Å²) in [5.74, 6) is 0.900. The van der Waals surface area contributed by atoms with Crippen molar-refractivity contribution >= 4 is 17.6 Å². The average molecular weight is 305 g/mol. The Morgan fingerprint density at radius 2 is 1.77 bits per heavy atom. The van der Waals surface area contributed by atoms with E-state index in [0.29, 0.717) is 24.5 Å². The van der Waals surface area contributed by atoms with Crippen LogP contribution in [0.25, 0.3) is 0 Å². The molecule has 2 amide bonds. The van der Waals surface area contributed by atoms with Gasteiger partial charge < -0.3 is 15.0 Å². The number of anilines is 1. The molecule has 3 heterocycles. The van der Waals surface area contributed by atoms with Gasteiger partial charge in [-0.15, -0.1) is 0 Å². The minimum absolute atomic E-state index is 0.130. The van der Waals surface area contributed by atoms with Gasteiger partial charge in [-0.2, -0.15) is 0 Å². The second-order valence-corrected chi connectivity index (χ2v) is 5.21. The number of aromatic nitrogens is 2. The van der Waals surface area contributed by atoms with Gasteiger partial charge in [-0.05, 0) is 0 Å². The third-order valence-electron chi connectivity index (χ3n) is 3.77. The lowest BCUT2D eigenvalue weighted by atomic mass is 10.3. The van der Waals surface area contributed by atoms with Gasteiger partial charge in [0, 0.05) is 51.4 Å². The monoisotopic (exact) mass is 305 g/mol. The Balaban J connectivity index is 1.60. The van der Waals surface area contributed by atoms with E-state index < -0.39 is 0 Å². The van der Waals surface area contributed by atoms with Gasteiger partial charge in [0.25, 0.3) is 5.88 Å². The molecule has 8 heteroatoms. The van der Waals surface area contributed by atoms with Gasteiger partial charge in [-0.3, -0.25) is 14.5 Å². The highest BCUT2D eigenvalue weighted by atomic mass is 16.5. The molecule has 1 aromatic rings. The minimum atomic E-state index is -0.130. The topological polar surface area (TPSA) is 87.7 Å². The molecule has 2 saturated heterocycles. The first-order valence-corrected chi connectivity index (χ1v) is 7.48. The van der Waals surface area contributed by atoms with Crippen molar-refractivity contribution in [2.75, 3.05) is 44.2 Å². The molecule has 0 bridgehead atoms. The number of nitrogens with zero attached hydrogens (tertiary/aromatic N) is 4. The molecule has 1 aromatic heterocycles. The summed E-state index contributed by atoms with van der Waals surface area (Å²) in [6.07, 6.45) is 3.82. The van der Waals surface area contributed by atoms with Gasteiger partial charge in [0.2, 0.25) is 11.8 Å². The molecule has 2 aliphatic rings. The van der Waals surface area contributed by atoms with Crippen LogP contribution in [0.2, 0.25) is 0 Å². The molecule has 2 fully saturated rings. The van der Waals surface area contributed by atoms with Crippen LogP contribution < -0.4 is 15.0 Å². The molecule has 0 aromatic carbocycles. The number of piperazine rings is 1. The van der Waals surface area contributed by atoms with Crippen LogP contribution in [0.5, 0.6) is 5.88 Å². The summed E-state index contributed by atoms with van der Waals surface area (Å²) in [5.41, 5.74) is 0. The Morgan fingerprint density at radius 3 is 2.50 bits per heavy atom. The zero-order chi connectivity index (χ0) is 15.4. The van der Waals surface area contributed by atoms with Crippen molar-refractivity contribution in [1.82, 2.24) is 20.2 Å². The predicted octanol–water partition coefficient (Wildman–Crippen LogP) is -0.586. The molecule has 0 spiro atoms. The Bertz CT molecular complexity index is 543. The van der Waals surface area contributed by atoms with Crippen molar-refractivity contribution in [2.24, 2.45) is 0 Å². The molecular weight excluding hydrogens is 286 g/mol. The number of rotatable bonds is 5. The quantitative estimate of drug-likeness (QED) is 0.728. The maximum atomic E-state index is 11.5. The first-order valence-electron chi connectivity index (χ1n) is 7.48. The van der Waals surface area contributed by atoms with E-state index >= 15 is 0 Å². The molecule has 0 radical (unpaired) electrons. The summed E-state index contributed by atoms with van der Waals surface area (Å²) in [6, 6.07) is 0. The molecule has 8 nitrogen and oxygen atoms in total. The van der Waals surface area contributed by atoms with Crippen LogP contribution in [-0.2, 0) is 9.59 Å². The molecule has 3 rings (SSSR count).